The first-order valence-electron chi connectivity index (χ1n) is 9.53. The van der Waals surface area contributed by atoms with Gasteiger partial charge in [0.15, 0.2) is 5.82 Å². The van der Waals surface area contributed by atoms with E-state index < -0.39 is 0 Å². The van der Waals surface area contributed by atoms with Crippen LogP contribution in [0.1, 0.15) is 16.7 Å². The fourth-order valence-corrected chi connectivity index (χ4v) is 3.45. The molecule has 0 amide bonds. The first-order valence-corrected chi connectivity index (χ1v) is 10.3. The van der Waals surface area contributed by atoms with E-state index in [4.69, 9.17) is 28.6 Å². The van der Waals surface area contributed by atoms with Crippen LogP contribution in [0.15, 0.2) is 72.8 Å². The van der Waals surface area contributed by atoms with Gasteiger partial charge in [-0.3, -0.25) is 0 Å². The molecule has 2 N–H and O–H groups in total. The molecule has 152 valence electrons. The summed E-state index contributed by atoms with van der Waals surface area (Å²) in [7, 11) is 0. The van der Waals surface area contributed by atoms with Crippen LogP contribution in [0.25, 0.3) is 11.4 Å². The van der Waals surface area contributed by atoms with Gasteiger partial charge < -0.3 is 10.2 Å². The van der Waals surface area contributed by atoms with E-state index in [1.54, 1.807) is 4.68 Å². The van der Waals surface area contributed by atoms with E-state index in [-0.39, 0.29) is 0 Å². The van der Waals surface area contributed by atoms with Crippen molar-refractivity contribution in [1.82, 2.24) is 14.9 Å². The Morgan fingerprint density at radius 1 is 1.07 bits per heavy atom. The van der Waals surface area contributed by atoms with Crippen LogP contribution in [0.3, 0.4) is 0 Å². The number of ether oxygens (including phenoxy) is 1. The number of aromatic nitrogens is 3. The highest BCUT2D eigenvalue weighted by Gasteiger charge is 2.11. The number of H-pyrrole nitrogens is 1. The van der Waals surface area contributed by atoms with E-state index in [1.165, 1.54) is 5.56 Å². The third-order valence-electron chi connectivity index (χ3n) is 4.67. The number of aryl methyl sites for hydroxylation is 1. The van der Waals surface area contributed by atoms with Gasteiger partial charge in [-0.2, -0.15) is 5.10 Å². The highest BCUT2D eigenvalue weighted by Crippen LogP contribution is 2.25. The number of hydrogen-bond donors (Lipinski definition) is 2. The van der Waals surface area contributed by atoms with Gasteiger partial charge in [0.05, 0.1) is 6.54 Å². The first-order chi connectivity index (χ1) is 14.6. The maximum atomic E-state index is 6.24. The summed E-state index contributed by atoms with van der Waals surface area (Å²) >= 11 is 11.6. The minimum Gasteiger partial charge on any atom is -0.489 e. The highest BCUT2D eigenvalue weighted by atomic mass is 35.5. The van der Waals surface area contributed by atoms with Crippen molar-refractivity contribution in [1.29, 1.82) is 0 Å². The lowest BCUT2D eigenvalue weighted by atomic mass is 10.1. The molecule has 30 heavy (non-hydrogen) atoms. The summed E-state index contributed by atoms with van der Waals surface area (Å²) in [6.07, 6.45) is 0. The molecule has 1 aromatic heterocycles. The fourth-order valence-electron chi connectivity index (χ4n) is 3.06. The molecule has 0 aliphatic carbocycles. The normalized spacial score (nSPS) is 10.7. The molecule has 1 heterocycles. The molecule has 0 atom stereocenters. The summed E-state index contributed by atoms with van der Waals surface area (Å²) in [5, 5.41) is 7.84. The number of hydrogen-bond acceptors (Lipinski definition) is 4. The number of halogens is 1. The Bertz CT molecular complexity index is 1190. The van der Waals surface area contributed by atoms with Gasteiger partial charge in [0.1, 0.15) is 12.4 Å². The van der Waals surface area contributed by atoms with Crippen LogP contribution in [0, 0.1) is 11.7 Å². The smallest absolute Gasteiger partial charge is 0.214 e. The minimum atomic E-state index is 0.470. The first kappa shape index (κ1) is 20.2. The molecule has 5 nitrogen and oxygen atoms in total. The summed E-state index contributed by atoms with van der Waals surface area (Å²) in [6, 6.07) is 23.8. The van der Waals surface area contributed by atoms with Crippen LogP contribution >= 0.6 is 23.8 Å². The fraction of sp³-hybridized carbons (Fsp3) is 0.130. The van der Waals surface area contributed by atoms with Crippen molar-refractivity contribution >= 4 is 23.8 Å². The zero-order chi connectivity index (χ0) is 20.9. The molecule has 4 aromatic rings. The van der Waals surface area contributed by atoms with Crippen LogP contribution in [-0.2, 0) is 13.2 Å². The average molecular weight is 437 g/mol. The average Bonchev–Trinajstić information content (AvgIpc) is 3.13. The monoisotopic (exact) mass is 436 g/mol. The molecule has 3 aromatic carbocycles. The molecular weight excluding hydrogens is 416 g/mol. The Labute approximate surface area is 185 Å². The molecule has 0 spiro atoms. The van der Waals surface area contributed by atoms with Gasteiger partial charge in [-0.05, 0) is 42.9 Å². The maximum absolute atomic E-state index is 6.24. The lowest BCUT2D eigenvalue weighted by molar-refractivity contribution is 0.303. The number of aromatic amines is 1. The van der Waals surface area contributed by atoms with Gasteiger partial charge in [-0.25, -0.2) is 9.77 Å². The summed E-state index contributed by atoms with van der Waals surface area (Å²) in [4.78, 5) is 0. The summed E-state index contributed by atoms with van der Waals surface area (Å²) < 4.78 is 8.32. The van der Waals surface area contributed by atoms with Crippen molar-refractivity contribution in [3.05, 3.63) is 99.3 Å². The molecule has 0 saturated carbocycles. The van der Waals surface area contributed by atoms with Gasteiger partial charge in [0, 0.05) is 16.1 Å². The quantitative estimate of drug-likeness (QED) is 0.354. The number of nitrogens with one attached hydrogen (secondary N) is 2. The Morgan fingerprint density at radius 2 is 1.83 bits per heavy atom. The zero-order valence-electron chi connectivity index (χ0n) is 16.4. The molecule has 0 aliphatic rings. The Kier molecular flexibility index (Phi) is 6.16. The van der Waals surface area contributed by atoms with E-state index in [1.807, 2.05) is 48.5 Å². The lowest BCUT2D eigenvalue weighted by Crippen LogP contribution is -2.16. The summed E-state index contributed by atoms with van der Waals surface area (Å²) in [6.45, 7) is 3.02. The molecule has 0 unspecified atom stereocenters. The van der Waals surface area contributed by atoms with Gasteiger partial charge >= 0.3 is 0 Å². The second-order valence-electron chi connectivity index (χ2n) is 6.92. The van der Waals surface area contributed by atoms with Crippen LogP contribution < -0.4 is 10.2 Å². The van der Waals surface area contributed by atoms with Crippen molar-refractivity contribution < 1.29 is 4.74 Å². The Balaban J connectivity index is 1.53. The van der Waals surface area contributed by atoms with Gasteiger partial charge in [-0.1, -0.05) is 71.8 Å². The van der Waals surface area contributed by atoms with Crippen molar-refractivity contribution in [3.63, 3.8) is 0 Å². The maximum Gasteiger partial charge on any atom is 0.214 e. The SMILES string of the molecule is Cc1ccc(COc2ccc(Cl)cc2CNn2c(-c3ccccc3)n[nH]c2=S)cc1. The topological polar surface area (TPSA) is 54.9 Å². The van der Waals surface area contributed by atoms with E-state index in [9.17, 15) is 0 Å². The predicted molar refractivity (Wildman–Crippen MR) is 123 cm³/mol. The van der Waals surface area contributed by atoms with E-state index in [2.05, 4.69) is 46.8 Å². The van der Waals surface area contributed by atoms with Gasteiger partial charge in [0.2, 0.25) is 4.77 Å². The number of rotatable bonds is 7. The van der Waals surface area contributed by atoms with E-state index in [0.717, 1.165) is 22.4 Å². The van der Waals surface area contributed by atoms with E-state index in [0.29, 0.717) is 28.8 Å². The predicted octanol–water partition coefficient (Wildman–Crippen LogP) is 5.89. The Morgan fingerprint density at radius 3 is 2.60 bits per heavy atom. The van der Waals surface area contributed by atoms with Crippen LogP contribution in [0.5, 0.6) is 5.75 Å². The molecule has 0 aliphatic heterocycles. The van der Waals surface area contributed by atoms with Crippen molar-refractivity contribution in [3.8, 4) is 17.1 Å². The van der Waals surface area contributed by atoms with Gasteiger partial charge in [-0.15, -0.1) is 0 Å². The van der Waals surface area contributed by atoms with E-state index >= 15 is 0 Å². The molecule has 0 fully saturated rings. The summed E-state index contributed by atoms with van der Waals surface area (Å²) in [5.41, 5.74) is 7.55. The Hall–Kier alpha value is -3.09. The third kappa shape index (κ3) is 4.72. The molecule has 0 bridgehead atoms. The third-order valence-corrected chi connectivity index (χ3v) is 5.18. The summed E-state index contributed by atoms with van der Waals surface area (Å²) in [5.74, 6) is 1.48. The van der Waals surface area contributed by atoms with Crippen molar-refractivity contribution in [2.45, 2.75) is 20.1 Å². The molecule has 0 radical (unpaired) electrons. The van der Waals surface area contributed by atoms with Crippen molar-refractivity contribution in [2.24, 2.45) is 0 Å². The standard InChI is InChI=1S/C23H21ClN4OS/c1-16-7-9-17(10-8-16)15-29-21-12-11-20(24)13-19(21)14-25-28-22(26-27-23(28)30)18-5-3-2-4-6-18/h2-13,25H,14-15H2,1H3,(H,27,30). The molecule has 4 rings (SSSR count). The van der Waals surface area contributed by atoms with Crippen LogP contribution in [-0.4, -0.2) is 14.9 Å². The largest absolute Gasteiger partial charge is 0.489 e. The van der Waals surface area contributed by atoms with Crippen LogP contribution in [0.4, 0.5) is 0 Å². The van der Waals surface area contributed by atoms with Crippen molar-refractivity contribution in [2.75, 3.05) is 5.43 Å². The van der Waals surface area contributed by atoms with Crippen LogP contribution in [0.2, 0.25) is 5.02 Å². The number of nitrogens with zero attached hydrogens (tertiary/aromatic N) is 2. The molecular formula is C23H21ClN4OS. The number of benzene rings is 3. The zero-order valence-corrected chi connectivity index (χ0v) is 18.0. The molecule has 7 heteroatoms. The highest BCUT2D eigenvalue weighted by molar-refractivity contribution is 7.71. The van der Waals surface area contributed by atoms with Gasteiger partial charge in [0.25, 0.3) is 0 Å². The second kappa shape index (κ2) is 9.15. The lowest BCUT2D eigenvalue weighted by Gasteiger charge is -2.15. The molecule has 0 saturated heterocycles. The second-order valence-corrected chi connectivity index (χ2v) is 7.74. The minimum absolute atomic E-state index is 0.470.